The first kappa shape index (κ1) is 24.6. The Hall–Kier alpha value is -3.02. The number of carbonyl (C=O) groups excluding carboxylic acids is 2. The fourth-order valence-corrected chi connectivity index (χ4v) is 4.30. The number of urea groups is 1. The van der Waals surface area contributed by atoms with Gasteiger partial charge in [-0.15, -0.1) is 0 Å². The molecule has 6 heteroatoms. The molecular weight excluding hydrogens is 412 g/mol. The smallest absolute Gasteiger partial charge is 0.323 e. The molecule has 0 aliphatic carbocycles. The second-order valence-electron chi connectivity index (χ2n) is 8.92. The number of para-hydroxylation sites is 1. The van der Waals surface area contributed by atoms with Gasteiger partial charge in [0.15, 0.2) is 0 Å². The van der Waals surface area contributed by atoms with Crippen molar-refractivity contribution in [1.29, 1.82) is 0 Å². The minimum atomic E-state index is -0.248. The van der Waals surface area contributed by atoms with Crippen molar-refractivity contribution < 1.29 is 9.59 Å². The lowest BCUT2D eigenvalue weighted by atomic mass is 10.1. The predicted molar refractivity (Wildman–Crippen MR) is 137 cm³/mol. The number of aryl methyl sites for hydroxylation is 2. The Labute approximate surface area is 198 Å². The lowest BCUT2D eigenvalue weighted by Crippen LogP contribution is -2.48. The maximum Gasteiger partial charge on any atom is 0.323 e. The van der Waals surface area contributed by atoms with Crippen LogP contribution >= 0.6 is 0 Å². The summed E-state index contributed by atoms with van der Waals surface area (Å²) >= 11 is 0. The molecule has 3 rings (SSSR count). The summed E-state index contributed by atoms with van der Waals surface area (Å²) in [5.41, 5.74) is 4.78. The van der Waals surface area contributed by atoms with E-state index in [0.717, 1.165) is 67.2 Å². The molecule has 178 valence electrons. The molecule has 0 bridgehead atoms. The zero-order valence-electron chi connectivity index (χ0n) is 20.3. The predicted octanol–water partition coefficient (Wildman–Crippen LogP) is 5.96. The molecule has 0 aromatic heterocycles. The number of benzene rings is 2. The van der Waals surface area contributed by atoms with E-state index in [1.165, 1.54) is 19.3 Å². The van der Waals surface area contributed by atoms with E-state index in [9.17, 15) is 9.59 Å². The van der Waals surface area contributed by atoms with Crippen LogP contribution in [-0.4, -0.2) is 43.0 Å². The SMILES string of the molecule is CCCCCCCC(=O)N1CCN(c2ccc(NC(=O)Nc3c(C)cccc3C)cc2)CC1. The molecule has 3 amide bonds. The van der Waals surface area contributed by atoms with Gasteiger partial charge in [-0.2, -0.15) is 0 Å². The summed E-state index contributed by atoms with van der Waals surface area (Å²) in [7, 11) is 0. The van der Waals surface area contributed by atoms with Gasteiger partial charge in [0, 0.05) is 49.7 Å². The third kappa shape index (κ3) is 7.24. The number of unbranched alkanes of at least 4 members (excludes halogenated alkanes) is 4. The molecule has 1 saturated heterocycles. The monoisotopic (exact) mass is 450 g/mol. The molecule has 0 spiro atoms. The Morgan fingerprint density at radius 2 is 1.45 bits per heavy atom. The summed E-state index contributed by atoms with van der Waals surface area (Å²) in [6.45, 7) is 9.39. The minimum absolute atomic E-state index is 0.248. The van der Waals surface area contributed by atoms with Gasteiger partial charge in [0.05, 0.1) is 0 Å². The van der Waals surface area contributed by atoms with E-state index in [1.807, 2.05) is 61.2 Å². The Kier molecular flexibility index (Phi) is 9.16. The van der Waals surface area contributed by atoms with Crippen LogP contribution in [0.4, 0.5) is 21.9 Å². The van der Waals surface area contributed by atoms with Gasteiger partial charge in [-0.05, 0) is 55.7 Å². The van der Waals surface area contributed by atoms with Crippen molar-refractivity contribution in [3.05, 3.63) is 53.6 Å². The summed E-state index contributed by atoms with van der Waals surface area (Å²) in [6.07, 6.45) is 6.56. The standard InChI is InChI=1S/C27H38N4O2/c1-4-5-6-7-8-12-25(32)31-19-17-30(18-20-31)24-15-13-23(14-16-24)28-27(33)29-26-21(2)10-9-11-22(26)3/h9-11,13-16H,4-8,12,17-20H2,1-3H3,(H2,28,29,33). The highest BCUT2D eigenvalue weighted by Gasteiger charge is 2.21. The van der Waals surface area contributed by atoms with Crippen LogP contribution in [-0.2, 0) is 4.79 Å². The minimum Gasteiger partial charge on any atom is -0.368 e. The van der Waals surface area contributed by atoms with Gasteiger partial charge >= 0.3 is 6.03 Å². The molecular formula is C27H38N4O2. The van der Waals surface area contributed by atoms with Crippen LogP contribution in [0.1, 0.15) is 56.6 Å². The van der Waals surface area contributed by atoms with E-state index in [1.54, 1.807) is 0 Å². The van der Waals surface area contributed by atoms with E-state index in [2.05, 4.69) is 22.5 Å². The largest absolute Gasteiger partial charge is 0.368 e. The number of nitrogens with one attached hydrogen (secondary N) is 2. The van der Waals surface area contributed by atoms with Gasteiger partial charge in [-0.3, -0.25) is 4.79 Å². The molecule has 2 N–H and O–H groups in total. The van der Waals surface area contributed by atoms with Crippen LogP contribution in [0.15, 0.2) is 42.5 Å². The molecule has 1 aliphatic rings. The molecule has 1 fully saturated rings. The van der Waals surface area contributed by atoms with Gasteiger partial charge in [-0.1, -0.05) is 50.8 Å². The number of anilines is 3. The Morgan fingerprint density at radius 1 is 0.818 bits per heavy atom. The van der Waals surface area contributed by atoms with Gasteiger partial charge < -0.3 is 20.4 Å². The van der Waals surface area contributed by atoms with Crippen LogP contribution in [0.2, 0.25) is 0 Å². The number of carbonyl (C=O) groups is 2. The zero-order valence-corrected chi connectivity index (χ0v) is 20.3. The van der Waals surface area contributed by atoms with Gasteiger partial charge in [0.1, 0.15) is 0 Å². The van der Waals surface area contributed by atoms with Gasteiger partial charge in [0.25, 0.3) is 0 Å². The van der Waals surface area contributed by atoms with Crippen LogP contribution in [0.3, 0.4) is 0 Å². The molecule has 1 heterocycles. The molecule has 0 unspecified atom stereocenters. The van der Waals surface area contributed by atoms with Crippen LogP contribution in [0, 0.1) is 13.8 Å². The summed E-state index contributed by atoms with van der Waals surface area (Å²) in [5, 5.41) is 5.85. The molecule has 1 aliphatic heterocycles. The van der Waals surface area contributed by atoms with Crippen molar-refractivity contribution in [2.75, 3.05) is 41.7 Å². The maximum atomic E-state index is 12.5. The third-order valence-electron chi connectivity index (χ3n) is 6.34. The lowest BCUT2D eigenvalue weighted by molar-refractivity contribution is -0.131. The van der Waals surface area contributed by atoms with Crippen molar-refractivity contribution >= 4 is 29.0 Å². The summed E-state index contributed by atoms with van der Waals surface area (Å²) in [4.78, 5) is 29.2. The average molecular weight is 451 g/mol. The topological polar surface area (TPSA) is 64.7 Å². The molecule has 2 aromatic rings. The molecule has 0 atom stereocenters. The zero-order chi connectivity index (χ0) is 23.6. The van der Waals surface area contributed by atoms with Crippen molar-refractivity contribution in [2.24, 2.45) is 0 Å². The number of rotatable bonds is 9. The number of hydrogen-bond acceptors (Lipinski definition) is 3. The lowest BCUT2D eigenvalue weighted by Gasteiger charge is -2.36. The summed E-state index contributed by atoms with van der Waals surface area (Å²) in [6, 6.07) is 13.6. The molecule has 0 saturated carbocycles. The molecule has 33 heavy (non-hydrogen) atoms. The van der Waals surface area contributed by atoms with Crippen molar-refractivity contribution in [1.82, 2.24) is 4.90 Å². The average Bonchev–Trinajstić information content (AvgIpc) is 2.82. The van der Waals surface area contributed by atoms with E-state index in [0.29, 0.717) is 12.3 Å². The highest BCUT2D eigenvalue weighted by Crippen LogP contribution is 2.22. The maximum absolute atomic E-state index is 12.5. The van der Waals surface area contributed by atoms with E-state index in [-0.39, 0.29) is 6.03 Å². The molecule has 0 radical (unpaired) electrons. The normalized spacial score (nSPS) is 13.7. The van der Waals surface area contributed by atoms with E-state index in [4.69, 9.17) is 0 Å². The van der Waals surface area contributed by atoms with Crippen molar-refractivity contribution in [2.45, 2.75) is 59.3 Å². The second kappa shape index (κ2) is 12.3. The molecule has 2 aromatic carbocycles. The van der Waals surface area contributed by atoms with Gasteiger partial charge in [-0.25, -0.2) is 4.79 Å². The summed E-state index contributed by atoms with van der Waals surface area (Å²) in [5.74, 6) is 0.292. The first-order valence-electron chi connectivity index (χ1n) is 12.2. The van der Waals surface area contributed by atoms with E-state index < -0.39 is 0 Å². The fraction of sp³-hybridized carbons (Fsp3) is 0.481. The Balaban J connectivity index is 1.44. The number of amides is 3. The first-order valence-corrected chi connectivity index (χ1v) is 12.2. The number of hydrogen-bond donors (Lipinski definition) is 2. The Bertz CT molecular complexity index is 898. The second-order valence-corrected chi connectivity index (χ2v) is 8.92. The number of nitrogens with zero attached hydrogens (tertiary/aromatic N) is 2. The fourth-order valence-electron chi connectivity index (χ4n) is 4.30. The van der Waals surface area contributed by atoms with Gasteiger partial charge in [0.2, 0.25) is 5.91 Å². The van der Waals surface area contributed by atoms with E-state index >= 15 is 0 Å². The molecule has 6 nitrogen and oxygen atoms in total. The highest BCUT2D eigenvalue weighted by atomic mass is 16.2. The van der Waals surface area contributed by atoms with Crippen LogP contribution < -0.4 is 15.5 Å². The van der Waals surface area contributed by atoms with Crippen molar-refractivity contribution in [3.8, 4) is 0 Å². The quantitative estimate of drug-likeness (QED) is 0.464. The number of piperazine rings is 1. The first-order chi connectivity index (χ1) is 16.0. The third-order valence-corrected chi connectivity index (χ3v) is 6.34. The Morgan fingerprint density at radius 3 is 2.09 bits per heavy atom. The summed E-state index contributed by atoms with van der Waals surface area (Å²) < 4.78 is 0. The highest BCUT2D eigenvalue weighted by molar-refractivity contribution is 6.00. The van der Waals surface area contributed by atoms with Crippen LogP contribution in [0.25, 0.3) is 0 Å². The van der Waals surface area contributed by atoms with Crippen LogP contribution in [0.5, 0.6) is 0 Å². The van der Waals surface area contributed by atoms with Crippen molar-refractivity contribution in [3.63, 3.8) is 0 Å².